The van der Waals surface area contributed by atoms with E-state index in [0.29, 0.717) is 37.6 Å². The normalized spacial score (nSPS) is 17.0. The maximum absolute atomic E-state index is 12.6. The van der Waals surface area contributed by atoms with Crippen molar-refractivity contribution in [2.75, 3.05) is 13.1 Å². The van der Waals surface area contributed by atoms with E-state index in [0.717, 1.165) is 0 Å². The number of hydrogen-bond acceptors (Lipinski definition) is 6. The number of hydrogen-bond donors (Lipinski definition) is 1. The number of carboxylic acids is 1. The van der Waals surface area contributed by atoms with Crippen LogP contribution in [0, 0.1) is 6.92 Å². The molecule has 128 valence electrons. The summed E-state index contributed by atoms with van der Waals surface area (Å²) >= 11 is 0. The van der Waals surface area contributed by atoms with Gasteiger partial charge >= 0.3 is 5.97 Å². The van der Waals surface area contributed by atoms with Crippen molar-refractivity contribution >= 4 is 16.0 Å². The topological polar surface area (TPSA) is 114 Å². The van der Waals surface area contributed by atoms with Crippen LogP contribution in [0.4, 0.5) is 0 Å². The van der Waals surface area contributed by atoms with Gasteiger partial charge in [-0.1, -0.05) is 5.16 Å². The summed E-state index contributed by atoms with van der Waals surface area (Å²) in [6, 6.07) is 5.24. The van der Waals surface area contributed by atoms with Crippen molar-refractivity contribution in [3.63, 3.8) is 0 Å². The zero-order chi connectivity index (χ0) is 17.3. The highest BCUT2D eigenvalue weighted by atomic mass is 32.2. The quantitative estimate of drug-likeness (QED) is 0.890. The average Bonchev–Trinajstić information content (AvgIpc) is 3.01. The van der Waals surface area contributed by atoms with E-state index in [1.807, 2.05) is 0 Å². The Bertz CT molecular complexity index is 836. The molecule has 9 heteroatoms. The zero-order valence-corrected chi connectivity index (χ0v) is 13.9. The van der Waals surface area contributed by atoms with Crippen LogP contribution in [0.3, 0.4) is 0 Å². The average molecular weight is 351 g/mol. The molecule has 8 nitrogen and oxygen atoms in total. The molecule has 1 fully saturated rings. The van der Waals surface area contributed by atoms with Gasteiger partial charge in [0.1, 0.15) is 0 Å². The molecule has 0 spiro atoms. The standard InChI is InChI=1S/C15H17N3O5S/c1-10-16-14(23-17-10)11-6-8-18(9-7-11)24(21,22)13-4-2-12(3-5-13)15(19)20/h2-5,11H,6-9H2,1H3,(H,19,20). The fourth-order valence-corrected chi connectivity index (χ4v) is 4.21. The molecular weight excluding hydrogens is 334 g/mol. The molecular formula is C15H17N3O5S. The minimum atomic E-state index is -3.63. The minimum Gasteiger partial charge on any atom is -0.478 e. The first-order chi connectivity index (χ1) is 11.4. The van der Waals surface area contributed by atoms with Crippen molar-refractivity contribution < 1.29 is 22.8 Å². The van der Waals surface area contributed by atoms with Crippen molar-refractivity contribution in [2.45, 2.75) is 30.6 Å². The number of carboxylic acid groups (broad SMARTS) is 1. The van der Waals surface area contributed by atoms with Gasteiger partial charge in [-0.2, -0.15) is 9.29 Å². The third kappa shape index (κ3) is 3.17. The van der Waals surface area contributed by atoms with E-state index < -0.39 is 16.0 Å². The fourth-order valence-electron chi connectivity index (χ4n) is 2.74. The Balaban J connectivity index is 1.71. The molecule has 0 aliphatic carbocycles. The number of carbonyl (C=O) groups is 1. The van der Waals surface area contributed by atoms with Crippen molar-refractivity contribution in [3.05, 3.63) is 41.5 Å². The highest BCUT2D eigenvalue weighted by Gasteiger charge is 2.32. The lowest BCUT2D eigenvalue weighted by molar-refractivity contribution is 0.0696. The second-order valence-corrected chi connectivity index (χ2v) is 7.63. The van der Waals surface area contributed by atoms with Gasteiger partial charge in [-0.25, -0.2) is 13.2 Å². The predicted molar refractivity (Wildman–Crippen MR) is 83.2 cm³/mol. The van der Waals surface area contributed by atoms with Crippen molar-refractivity contribution in [1.29, 1.82) is 0 Å². The number of aromatic carboxylic acids is 1. The summed E-state index contributed by atoms with van der Waals surface area (Å²) in [5, 5.41) is 12.7. The third-order valence-corrected chi connectivity index (χ3v) is 6.00. The summed E-state index contributed by atoms with van der Waals surface area (Å²) in [4.78, 5) is 15.2. The Morgan fingerprint density at radius 3 is 2.38 bits per heavy atom. The van der Waals surface area contributed by atoms with Crippen molar-refractivity contribution in [2.24, 2.45) is 0 Å². The molecule has 0 amide bonds. The molecule has 1 aromatic carbocycles. The lowest BCUT2D eigenvalue weighted by atomic mass is 9.98. The van der Waals surface area contributed by atoms with Crippen LogP contribution in [0.25, 0.3) is 0 Å². The second kappa shape index (κ2) is 6.33. The summed E-state index contributed by atoms with van der Waals surface area (Å²) in [5.41, 5.74) is 0.0550. The van der Waals surface area contributed by atoms with Crippen LogP contribution in [0.2, 0.25) is 0 Å². The predicted octanol–water partition coefficient (Wildman–Crippen LogP) is 1.64. The summed E-state index contributed by atoms with van der Waals surface area (Å²) in [6.45, 7) is 2.46. The van der Waals surface area contributed by atoms with Gasteiger partial charge in [-0.3, -0.25) is 0 Å². The lowest BCUT2D eigenvalue weighted by Crippen LogP contribution is -2.38. The van der Waals surface area contributed by atoms with Gasteiger partial charge in [0.05, 0.1) is 10.5 Å². The van der Waals surface area contributed by atoms with Crippen LogP contribution in [-0.4, -0.2) is 47.0 Å². The SMILES string of the molecule is Cc1noc(C2CCN(S(=O)(=O)c3ccc(C(=O)O)cc3)CC2)n1. The minimum absolute atomic E-state index is 0.0550. The molecule has 0 atom stereocenters. The van der Waals surface area contributed by atoms with E-state index in [1.165, 1.54) is 28.6 Å². The molecule has 3 rings (SSSR count). The molecule has 1 aliphatic rings. The number of aromatic nitrogens is 2. The lowest BCUT2D eigenvalue weighted by Gasteiger charge is -2.29. The van der Waals surface area contributed by atoms with Crippen LogP contribution in [0.1, 0.15) is 40.8 Å². The molecule has 1 aromatic heterocycles. The van der Waals surface area contributed by atoms with Gasteiger partial charge in [0.25, 0.3) is 0 Å². The van der Waals surface area contributed by atoms with Crippen LogP contribution >= 0.6 is 0 Å². The van der Waals surface area contributed by atoms with E-state index in [-0.39, 0.29) is 16.4 Å². The van der Waals surface area contributed by atoms with Gasteiger partial charge in [-0.05, 0) is 44.0 Å². The summed E-state index contributed by atoms with van der Waals surface area (Å²) in [5.74, 6) is 0.0931. The van der Waals surface area contributed by atoms with Gasteiger partial charge in [0, 0.05) is 19.0 Å². The fraction of sp³-hybridized carbons (Fsp3) is 0.400. The van der Waals surface area contributed by atoms with Crippen molar-refractivity contribution in [1.82, 2.24) is 14.4 Å². The molecule has 2 heterocycles. The third-order valence-electron chi connectivity index (χ3n) is 4.09. The Morgan fingerprint density at radius 2 is 1.88 bits per heavy atom. The van der Waals surface area contributed by atoms with Gasteiger partial charge < -0.3 is 9.63 Å². The van der Waals surface area contributed by atoms with E-state index in [2.05, 4.69) is 10.1 Å². The Hall–Kier alpha value is -2.26. The number of benzene rings is 1. The Labute approximate surface area is 139 Å². The van der Waals surface area contributed by atoms with E-state index >= 15 is 0 Å². The van der Waals surface area contributed by atoms with E-state index in [4.69, 9.17) is 9.63 Å². The number of aryl methyl sites for hydroxylation is 1. The number of nitrogens with zero attached hydrogens (tertiary/aromatic N) is 3. The maximum Gasteiger partial charge on any atom is 0.335 e. The van der Waals surface area contributed by atoms with E-state index in [9.17, 15) is 13.2 Å². The molecule has 1 aliphatic heterocycles. The van der Waals surface area contributed by atoms with Crippen LogP contribution in [0.15, 0.2) is 33.7 Å². The monoisotopic (exact) mass is 351 g/mol. The summed E-state index contributed by atoms with van der Waals surface area (Å²) < 4.78 is 31.9. The smallest absolute Gasteiger partial charge is 0.335 e. The number of sulfonamides is 1. The molecule has 2 aromatic rings. The zero-order valence-electron chi connectivity index (χ0n) is 13.0. The molecule has 0 radical (unpaired) electrons. The number of piperidine rings is 1. The van der Waals surface area contributed by atoms with Gasteiger partial charge in [-0.15, -0.1) is 0 Å². The molecule has 0 saturated carbocycles. The Kier molecular flexibility index (Phi) is 4.37. The maximum atomic E-state index is 12.6. The second-order valence-electron chi connectivity index (χ2n) is 5.69. The first-order valence-corrected chi connectivity index (χ1v) is 8.95. The first kappa shape index (κ1) is 16.6. The molecule has 1 N–H and O–H groups in total. The molecule has 0 bridgehead atoms. The highest BCUT2D eigenvalue weighted by molar-refractivity contribution is 7.89. The van der Waals surface area contributed by atoms with Crippen molar-refractivity contribution in [3.8, 4) is 0 Å². The van der Waals surface area contributed by atoms with Gasteiger partial charge in [0.2, 0.25) is 15.9 Å². The van der Waals surface area contributed by atoms with Crippen LogP contribution in [0.5, 0.6) is 0 Å². The Morgan fingerprint density at radius 1 is 1.25 bits per heavy atom. The molecule has 24 heavy (non-hydrogen) atoms. The summed E-state index contributed by atoms with van der Waals surface area (Å²) in [6.07, 6.45) is 1.21. The molecule has 1 saturated heterocycles. The highest BCUT2D eigenvalue weighted by Crippen LogP contribution is 2.29. The van der Waals surface area contributed by atoms with Gasteiger partial charge in [0.15, 0.2) is 5.82 Å². The largest absolute Gasteiger partial charge is 0.478 e. The first-order valence-electron chi connectivity index (χ1n) is 7.51. The van der Waals surface area contributed by atoms with Crippen LogP contribution < -0.4 is 0 Å². The number of rotatable bonds is 4. The van der Waals surface area contributed by atoms with E-state index in [1.54, 1.807) is 6.92 Å². The molecule has 0 unspecified atom stereocenters. The summed E-state index contributed by atoms with van der Waals surface area (Å²) in [7, 11) is -3.63. The van der Waals surface area contributed by atoms with Crippen LogP contribution in [-0.2, 0) is 10.0 Å².